The second-order valence-electron chi connectivity index (χ2n) is 6.29. The maximum Gasteiger partial charge on any atom is 0.257 e. The van der Waals surface area contributed by atoms with Gasteiger partial charge in [-0.15, -0.1) is 16.4 Å². The number of para-hydroxylation sites is 1. The fourth-order valence-corrected chi connectivity index (χ4v) is 3.93. The van der Waals surface area contributed by atoms with E-state index < -0.39 is 11.7 Å². The average Bonchev–Trinajstić information content (AvgIpc) is 3.46. The molecule has 0 fully saturated rings. The van der Waals surface area contributed by atoms with Crippen molar-refractivity contribution >= 4 is 46.3 Å². The summed E-state index contributed by atoms with van der Waals surface area (Å²) < 4.78 is 13.1. The van der Waals surface area contributed by atoms with Crippen LogP contribution in [0, 0.1) is 5.82 Å². The maximum absolute atomic E-state index is 13.1. The lowest BCUT2D eigenvalue weighted by Crippen LogP contribution is -2.19. The number of thiophene rings is 1. The zero-order chi connectivity index (χ0) is 21.6. The smallest absolute Gasteiger partial charge is 0.257 e. The quantitative estimate of drug-likeness (QED) is 0.354. The molecule has 2 amide bonds. The Morgan fingerprint density at radius 1 is 1.03 bits per heavy atom. The number of benzene rings is 2. The van der Waals surface area contributed by atoms with E-state index in [-0.39, 0.29) is 11.7 Å². The molecular formula is C21H16FN5O2S2. The van der Waals surface area contributed by atoms with Gasteiger partial charge in [-0.1, -0.05) is 30.0 Å². The van der Waals surface area contributed by atoms with Gasteiger partial charge in [0.05, 0.1) is 21.9 Å². The number of amides is 2. The number of thioether (sulfide) groups is 1. The summed E-state index contributed by atoms with van der Waals surface area (Å²) in [5.41, 5.74) is 1.12. The van der Waals surface area contributed by atoms with E-state index in [9.17, 15) is 14.0 Å². The Hall–Kier alpha value is -3.50. The second-order valence-corrected chi connectivity index (χ2v) is 8.18. The molecule has 2 aromatic heterocycles. The van der Waals surface area contributed by atoms with E-state index >= 15 is 0 Å². The fourth-order valence-electron chi connectivity index (χ4n) is 2.67. The summed E-state index contributed by atoms with van der Waals surface area (Å²) in [5, 5.41) is 14.8. The highest BCUT2D eigenvalue weighted by Crippen LogP contribution is 2.23. The van der Waals surface area contributed by atoms with Crippen LogP contribution in [0.1, 0.15) is 10.4 Å². The summed E-state index contributed by atoms with van der Waals surface area (Å²) in [5.74, 6) is -0.368. The van der Waals surface area contributed by atoms with Crippen molar-refractivity contribution in [3.8, 4) is 10.7 Å². The molecule has 0 atom stereocenters. The summed E-state index contributed by atoms with van der Waals surface area (Å²) in [6, 6.07) is 16.0. The third-order valence-electron chi connectivity index (χ3n) is 4.10. The molecule has 0 saturated heterocycles. The predicted octanol–water partition coefficient (Wildman–Crippen LogP) is 4.66. The molecule has 2 aromatic carbocycles. The lowest BCUT2D eigenvalue weighted by Gasteiger charge is -2.11. The van der Waals surface area contributed by atoms with E-state index in [1.165, 1.54) is 36.0 Å². The van der Waals surface area contributed by atoms with Crippen molar-refractivity contribution in [3.05, 3.63) is 77.4 Å². The number of aromatic nitrogens is 3. The monoisotopic (exact) mass is 453 g/mol. The Balaban J connectivity index is 1.37. The largest absolute Gasteiger partial charge is 0.325 e. The lowest BCUT2D eigenvalue weighted by atomic mass is 10.1. The van der Waals surface area contributed by atoms with Gasteiger partial charge in [-0.25, -0.2) is 9.37 Å². The van der Waals surface area contributed by atoms with Gasteiger partial charge in [0, 0.05) is 5.69 Å². The molecule has 31 heavy (non-hydrogen) atoms. The van der Waals surface area contributed by atoms with E-state index in [0.717, 1.165) is 4.88 Å². The summed E-state index contributed by atoms with van der Waals surface area (Å²) in [7, 11) is 0. The van der Waals surface area contributed by atoms with Crippen LogP contribution in [0.4, 0.5) is 15.8 Å². The topological polar surface area (TPSA) is 99.8 Å². The molecular weight excluding hydrogens is 437 g/mol. The van der Waals surface area contributed by atoms with Crippen LogP contribution in [0.2, 0.25) is 0 Å². The van der Waals surface area contributed by atoms with Crippen LogP contribution in [-0.4, -0.2) is 32.7 Å². The van der Waals surface area contributed by atoms with Crippen molar-refractivity contribution < 1.29 is 14.0 Å². The van der Waals surface area contributed by atoms with Crippen LogP contribution < -0.4 is 10.6 Å². The molecule has 0 aliphatic rings. The first kappa shape index (κ1) is 20.8. The van der Waals surface area contributed by atoms with Gasteiger partial charge < -0.3 is 10.6 Å². The van der Waals surface area contributed by atoms with Crippen LogP contribution >= 0.6 is 23.1 Å². The van der Waals surface area contributed by atoms with Crippen LogP contribution in [0.5, 0.6) is 0 Å². The molecule has 0 bridgehead atoms. The Morgan fingerprint density at radius 3 is 2.61 bits per heavy atom. The number of rotatable bonds is 7. The predicted molar refractivity (Wildman–Crippen MR) is 120 cm³/mol. The molecule has 0 aliphatic carbocycles. The van der Waals surface area contributed by atoms with E-state index in [2.05, 4.69) is 25.8 Å². The van der Waals surface area contributed by atoms with Gasteiger partial charge in [0.1, 0.15) is 5.82 Å². The van der Waals surface area contributed by atoms with Gasteiger partial charge in [-0.05, 0) is 47.8 Å². The molecule has 3 N–H and O–H groups in total. The second kappa shape index (κ2) is 9.54. The summed E-state index contributed by atoms with van der Waals surface area (Å²) >= 11 is 2.73. The van der Waals surface area contributed by atoms with Crippen molar-refractivity contribution in [3.63, 3.8) is 0 Å². The molecule has 4 rings (SSSR count). The Labute approximate surface area is 185 Å². The van der Waals surface area contributed by atoms with E-state index in [4.69, 9.17) is 0 Å². The van der Waals surface area contributed by atoms with Crippen LogP contribution in [0.25, 0.3) is 10.7 Å². The number of nitrogens with one attached hydrogen (secondary N) is 3. The zero-order valence-corrected chi connectivity index (χ0v) is 17.6. The summed E-state index contributed by atoms with van der Waals surface area (Å²) in [6.45, 7) is 0. The minimum Gasteiger partial charge on any atom is -0.325 e. The number of anilines is 2. The minimum atomic E-state index is -0.412. The molecule has 0 unspecified atom stereocenters. The van der Waals surface area contributed by atoms with Gasteiger partial charge in [-0.3, -0.25) is 14.7 Å². The molecule has 156 valence electrons. The molecule has 4 aromatic rings. The van der Waals surface area contributed by atoms with Gasteiger partial charge in [0.15, 0.2) is 5.82 Å². The molecule has 0 spiro atoms. The number of H-pyrrole nitrogens is 1. The third-order valence-corrected chi connectivity index (χ3v) is 5.82. The summed E-state index contributed by atoms with van der Waals surface area (Å²) in [4.78, 5) is 30.4. The molecule has 0 aliphatic heterocycles. The molecule has 0 radical (unpaired) electrons. The highest BCUT2D eigenvalue weighted by atomic mass is 32.2. The van der Waals surface area contributed by atoms with E-state index in [0.29, 0.717) is 27.9 Å². The number of halogens is 1. The van der Waals surface area contributed by atoms with Crippen LogP contribution in [0.15, 0.2) is 71.2 Å². The van der Waals surface area contributed by atoms with E-state index in [1.54, 1.807) is 35.6 Å². The molecule has 2 heterocycles. The normalized spacial score (nSPS) is 10.6. The van der Waals surface area contributed by atoms with Crippen molar-refractivity contribution in [1.82, 2.24) is 15.2 Å². The van der Waals surface area contributed by atoms with Gasteiger partial charge in [0.2, 0.25) is 11.1 Å². The molecule has 0 saturated carbocycles. The van der Waals surface area contributed by atoms with Crippen LogP contribution in [-0.2, 0) is 4.79 Å². The summed E-state index contributed by atoms with van der Waals surface area (Å²) in [6.07, 6.45) is 0. The highest BCUT2D eigenvalue weighted by molar-refractivity contribution is 7.99. The number of hydrogen-bond donors (Lipinski definition) is 3. The lowest BCUT2D eigenvalue weighted by molar-refractivity contribution is -0.113. The fraction of sp³-hybridized carbons (Fsp3) is 0.0476. The average molecular weight is 454 g/mol. The van der Waals surface area contributed by atoms with Crippen LogP contribution in [0.3, 0.4) is 0 Å². The maximum atomic E-state index is 13.1. The first-order valence-corrected chi connectivity index (χ1v) is 11.0. The van der Waals surface area contributed by atoms with Gasteiger partial charge >= 0.3 is 0 Å². The molecule has 10 heteroatoms. The minimum absolute atomic E-state index is 0.0790. The van der Waals surface area contributed by atoms with Crippen molar-refractivity contribution in [2.45, 2.75) is 5.16 Å². The first-order chi connectivity index (χ1) is 15.1. The van der Waals surface area contributed by atoms with Crippen molar-refractivity contribution in [2.24, 2.45) is 0 Å². The van der Waals surface area contributed by atoms with Crippen molar-refractivity contribution in [1.29, 1.82) is 0 Å². The third kappa shape index (κ3) is 5.36. The first-order valence-electron chi connectivity index (χ1n) is 9.13. The number of nitrogens with zero attached hydrogens (tertiary/aromatic N) is 2. The SMILES string of the molecule is O=C(CSc1n[nH]c(-c2cccs2)n1)Nc1ccccc1C(=O)Nc1ccc(F)cc1. The number of carbonyl (C=O) groups is 2. The standard InChI is InChI=1S/C21H16FN5O2S2/c22-13-7-9-14(10-8-13)23-20(29)15-4-1-2-5-16(15)24-18(28)12-31-21-25-19(26-27-21)17-6-3-11-30-17/h1-11H,12H2,(H,23,29)(H,24,28)(H,25,26,27). The Bertz CT molecular complexity index is 1190. The van der Waals surface area contributed by atoms with Crippen molar-refractivity contribution in [2.75, 3.05) is 16.4 Å². The number of carbonyl (C=O) groups excluding carboxylic acids is 2. The van der Waals surface area contributed by atoms with Gasteiger partial charge in [0.25, 0.3) is 5.91 Å². The number of aromatic amines is 1. The Kier molecular flexibility index (Phi) is 6.39. The number of hydrogen-bond acceptors (Lipinski definition) is 6. The Morgan fingerprint density at radius 2 is 1.84 bits per heavy atom. The van der Waals surface area contributed by atoms with Gasteiger partial charge in [-0.2, -0.15) is 0 Å². The highest BCUT2D eigenvalue weighted by Gasteiger charge is 2.15. The zero-order valence-electron chi connectivity index (χ0n) is 16.0. The van der Waals surface area contributed by atoms with E-state index in [1.807, 2.05) is 17.5 Å². The molecule has 7 nitrogen and oxygen atoms in total.